The Morgan fingerprint density at radius 1 is 0.972 bits per heavy atom. The first-order chi connectivity index (χ1) is 17.4. The molecule has 1 aliphatic heterocycles. The number of ether oxygens (including phenoxy) is 3. The Morgan fingerprint density at radius 2 is 1.69 bits per heavy atom. The maximum atomic E-state index is 13.1. The van der Waals surface area contributed by atoms with E-state index in [1.165, 1.54) is 25.2 Å². The fourth-order valence-corrected chi connectivity index (χ4v) is 4.12. The first kappa shape index (κ1) is 24.8. The fraction of sp³-hybridized carbons (Fsp3) is 0.214. The summed E-state index contributed by atoms with van der Waals surface area (Å²) in [7, 11) is 2.90. The zero-order valence-corrected chi connectivity index (χ0v) is 20.0. The number of carbonyl (C=O) groups is 2. The summed E-state index contributed by atoms with van der Waals surface area (Å²) in [4.78, 5) is 27.3. The number of benzene rings is 3. The van der Waals surface area contributed by atoms with Gasteiger partial charge in [0.15, 0.2) is 11.5 Å². The molecular formula is C28H27NO7. The first-order valence-corrected chi connectivity index (χ1v) is 11.4. The van der Waals surface area contributed by atoms with E-state index in [4.69, 9.17) is 14.2 Å². The van der Waals surface area contributed by atoms with E-state index in [1.54, 1.807) is 36.4 Å². The highest BCUT2D eigenvalue weighted by Gasteiger charge is 2.46. The van der Waals surface area contributed by atoms with E-state index in [-0.39, 0.29) is 36.0 Å². The van der Waals surface area contributed by atoms with Gasteiger partial charge in [0.25, 0.3) is 11.7 Å². The topological polar surface area (TPSA) is 106 Å². The number of carbonyl (C=O) groups excluding carboxylic acids is 2. The highest BCUT2D eigenvalue weighted by atomic mass is 16.5. The van der Waals surface area contributed by atoms with Gasteiger partial charge in [-0.3, -0.25) is 9.59 Å². The van der Waals surface area contributed by atoms with Crippen LogP contribution in [0.4, 0.5) is 0 Å². The van der Waals surface area contributed by atoms with Gasteiger partial charge in [-0.2, -0.15) is 0 Å². The third-order valence-corrected chi connectivity index (χ3v) is 5.97. The molecule has 0 bridgehead atoms. The molecule has 1 aliphatic rings. The molecule has 0 saturated carbocycles. The number of rotatable bonds is 9. The molecule has 36 heavy (non-hydrogen) atoms. The number of likely N-dealkylation sites (tertiary alicyclic amines) is 1. The molecule has 3 aromatic carbocycles. The SMILES string of the molecule is COCCN1C(=O)C(=O)C(=C(O)c2ccc(OCc3ccccc3)cc2)[C@@H]1c1ccc(O)c(OC)c1. The number of phenolic OH excluding ortho intramolecular Hbond substituents is 1. The Balaban J connectivity index is 1.68. The van der Waals surface area contributed by atoms with E-state index in [0.29, 0.717) is 23.5 Å². The highest BCUT2D eigenvalue weighted by Crippen LogP contribution is 2.41. The summed E-state index contributed by atoms with van der Waals surface area (Å²) in [5.41, 5.74) is 1.83. The van der Waals surface area contributed by atoms with Crippen molar-refractivity contribution in [2.75, 3.05) is 27.4 Å². The lowest BCUT2D eigenvalue weighted by atomic mass is 9.95. The second-order valence-electron chi connectivity index (χ2n) is 8.22. The van der Waals surface area contributed by atoms with Gasteiger partial charge < -0.3 is 29.3 Å². The number of aliphatic hydroxyl groups is 1. The number of aliphatic hydroxyl groups excluding tert-OH is 1. The van der Waals surface area contributed by atoms with Gasteiger partial charge in [-0.1, -0.05) is 36.4 Å². The van der Waals surface area contributed by atoms with Crippen molar-refractivity contribution in [1.82, 2.24) is 4.90 Å². The van der Waals surface area contributed by atoms with Crippen LogP contribution in [0.1, 0.15) is 22.7 Å². The van der Waals surface area contributed by atoms with Crippen LogP contribution in [0.25, 0.3) is 5.76 Å². The normalized spacial score (nSPS) is 16.8. The van der Waals surface area contributed by atoms with Crippen molar-refractivity contribution < 1.29 is 34.0 Å². The minimum absolute atomic E-state index is 0.0539. The Kier molecular flexibility index (Phi) is 7.56. The molecule has 1 atom stereocenters. The molecule has 0 radical (unpaired) electrons. The third kappa shape index (κ3) is 5.04. The van der Waals surface area contributed by atoms with Crippen molar-refractivity contribution in [3.05, 3.63) is 95.1 Å². The molecule has 1 heterocycles. The number of hydrogen-bond acceptors (Lipinski definition) is 7. The second-order valence-corrected chi connectivity index (χ2v) is 8.22. The number of Topliss-reactive ketones (excluding diaryl/α,β-unsaturated/α-hetero) is 1. The lowest BCUT2D eigenvalue weighted by Gasteiger charge is -2.25. The number of hydrogen-bond donors (Lipinski definition) is 2. The Morgan fingerprint density at radius 3 is 2.36 bits per heavy atom. The van der Waals surface area contributed by atoms with Crippen LogP contribution in [0.2, 0.25) is 0 Å². The van der Waals surface area contributed by atoms with Crippen molar-refractivity contribution >= 4 is 17.4 Å². The highest BCUT2D eigenvalue weighted by molar-refractivity contribution is 6.46. The molecule has 4 rings (SSSR count). The quantitative estimate of drug-likeness (QED) is 0.265. The van der Waals surface area contributed by atoms with E-state index in [0.717, 1.165) is 5.56 Å². The van der Waals surface area contributed by atoms with Gasteiger partial charge in [0.1, 0.15) is 18.1 Å². The van der Waals surface area contributed by atoms with Crippen molar-refractivity contribution in [3.8, 4) is 17.2 Å². The summed E-state index contributed by atoms with van der Waals surface area (Å²) in [6.07, 6.45) is 0. The van der Waals surface area contributed by atoms with Gasteiger partial charge in [0.05, 0.1) is 25.3 Å². The van der Waals surface area contributed by atoms with Crippen molar-refractivity contribution in [1.29, 1.82) is 0 Å². The molecule has 0 aliphatic carbocycles. The van der Waals surface area contributed by atoms with E-state index >= 15 is 0 Å². The van der Waals surface area contributed by atoms with Gasteiger partial charge in [0, 0.05) is 19.2 Å². The van der Waals surface area contributed by atoms with Crippen LogP contribution in [0, 0.1) is 0 Å². The number of methoxy groups -OCH3 is 2. The summed E-state index contributed by atoms with van der Waals surface area (Å²) in [5.74, 6) is -1.15. The van der Waals surface area contributed by atoms with Crippen LogP contribution in [0.15, 0.2) is 78.4 Å². The predicted molar refractivity (Wildman–Crippen MR) is 133 cm³/mol. The van der Waals surface area contributed by atoms with Crippen LogP contribution in [0.3, 0.4) is 0 Å². The minimum Gasteiger partial charge on any atom is -0.507 e. The molecule has 8 nitrogen and oxygen atoms in total. The van der Waals surface area contributed by atoms with E-state index < -0.39 is 17.7 Å². The van der Waals surface area contributed by atoms with Crippen molar-refractivity contribution in [3.63, 3.8) is 0 Å². The number of ketones is 1. The lowest BCUT2D eigenvalue weighted by Crippen LogP contribution is -2.32. The largest absolute Gasteiger partial charge is 0.507 e. The summed E-state index contributed by atoms with van der Waals surface area (Å²) in [6.45, 7) is 0.726. The number of phenols is 1. The Hall–Kier alpha value is -4.30. The number of nitrogens with zero attached hydrogens (tertiary/aromatic N) is 1. The van der Waals surface area contributed by atoms with Crippen LogP contribution in [-0.2, 0) is 20.9 Å². The average molecular weight is 490 g/mol. The van der Waals surface area contributed by atoms with Crippen LogP contribution in [0.5, 0.6) is 17.2 Å². The van der Waals surface area contributed by atoms with Crippen molar-refractivity contribution in [2.24, 2.45) is 0 Å². The molecule has 1 amide bonds. The van der Waals surface area contributed by atoms with Crippen LogP contribution >= 0.6 is 0 Å². The van der Waals surface area contributed by atoms with E-state index in [9.17, 15) is 19.8 Å². The van der Waals surface area contributed by atoms with Crippen LogP contribution in [-0.4, -0.2) is 54.2 Å². The molecule has 186 valence electrons. The van der Waals surface area contributed by atoms with Gasteiger partial charge >= 0.3 is 0 Å². The summed E-state index contributed by atoms with van der Waals surface area (Å²) >= 11 is 0. The Labute approximate surface area is 209 Å². The number of aromatic hydroxyl groups is 1. The van der Waals surface area contributed by atoms with Gasteiger partial charge in [-0.25, -0.2) is 0 Å². The fourth-order valence-electron chi connectivity index (χ4n) is 4.12. The molecule has 8 heteroatoms. The second kappa shape index (κ2) is 11.0. The van der Waals surface area contributed by atoms with Gasteiger partial charge in [0.2, 0.25) is 0 Å². The summed E-state index contributed by atoms with van der Waals surface area (Å²) in [5, 5.41) is 21.2. The molecular weight excluding hydrogens is 462 g/mol. The Bertz CT molecular complexity index is 1270. The maximum Gasteiger partial charge on any atom is 0.295 e. The molecule has 0 unspecified atom stereocenters. The van der Waals surface area contributed by atoms with Gasteiger partial charge in [-0.05, 0) is 47.5 Å². The monoisotopic (exact) mass is 489 g/mol. The molecule has 0 aromatic heterocycles. The molecule has 1 fully saturated rings. The van der Waals surface area contributed by atoms with E-state index in [1.807, 2.05) is 30.3 Å². The predicted octanol–water partition coefficient (Wildman–Crippen LogP) is 4.05. The zero-order valence-electron chi connectivity index (χ0n) is 20.0. The molecule has 3 aromatic rings. The van der Waals surface area contributed by atoms with E-state index in [2.05, 4.69) is 0 Å². The molecule has 0 spiro atoms. The first-order valence-electron chi connectivity index (χ1n) is 11.4. The minimum atomic E-state index is -0.886. The zero-order chi connectivity index (χ0) is 25.7. The third-order valence-electron chi connectivity index (χ3n) is 5.97. The number of amides is 1. The molecule has 1 saturated heterocycles. The standard InChI is InChI=1S/C28H27NO7/c1-34-15-14-29-25(20-10-13-22(30)23(16-20)35-2)24(27(32)28(29)33)26(31)19-8-11-21(12-9-19)36-17-18-6-4-3-5-7-18/h3-13,16,25,30-31H,14-15,17H2,1-2H3/t25-/m0/s1. The smallest absolute Gasteiger partial charge is 0.295 e. The summed E-state index contributed by atoms with van der Waals surface area (Å²) < 4.78 is 16.1. The molecule has 2 N–H and O–H groups in total. The maximum absolute atomic E-state index is 13.1. The summed E-state index contributed by atoms with van der Waals surface area (Å²) in [6, 6.07) is 20.0. The van der Waals surface area contributed by atoms with Crippen molar-refractivity contribution in [2.45, 2.75) is 12.6 Å². The van der Waals surface area contributed by atoms with Crippen LogP contribution < -0.4 is 9.47 Å². The lowest BCUT2D eigenvalue weighted by molar-refractivity contribution is -0.140. The average Bonchev–Trinajstić information content (AvgIpc) is 3.16. The van der Waals surface area contributed by atoms with Gasteiger partial charge in [-0.15, -0.1) is 0 Å².